The van der Waals surface area contributed by atoms with Gasteiger partial charge >= 0.3 is 0 Å². The fourth-order valence-corrected chi connectivity index (χ4v) is 4.31. The molecule has 2 aliphatic carbocycles. The third-order valence-corrected chi connectivity index (χ3v) is 5.65. The van der Waals surface area contributed by atoms with Gasteiger partial charge in [0.15, 0.2) is 0 Å². The quantitative estimate of drug-likeness (QED) is 0.567. The molecule has 0 N–H and O–H groups in total. The number of carbonyl (C=O) groups is 1. The van der Waals surface area contributed by atoms with E-state index in [1.54, 1.807) is 0 Å². The van der Waals surface area contributed by atoms with E-state index in [9.17, 15) is 4.79 Å². The van der Waals surface area contributed by atoms with Crippen molar-refractivity contribution < 1.29 is 19.0 Å². The Morgan fingerprint density at radius 2 is 1.89 bits per heavy atom. The summed E-state index contributed by atoms with van der Waals surface area (Å²) in [5, 5.41) is 0. The third-order valence-electron chi connectivity index (χ3n) is 5.65. The molecule has 2 saturated heterocycles. The SMILES string of the molecule is O=COC1(CCC2CCCCC2)CCC23OC2(C1)O3. The molecular weight excluding hydrogens is 244 g/mol. The predicted molar refractivity (Wildman–Crippen MR) is 67.2 cm³/mol. The molecule has 0 spiro atoms. The largest absolute Gasteiger partial charge is 0.461 e. The summed E-state index contributed by atoms with van der Waals surface area (Å²) in [4.78, 5) is 10.9. The Labute approximate surface area is 113 Å². The van der Waals surface area contributed by atoms with Gasteiger partial charge in [0.2, 0.25) is 11.6 Å². The minimum atomic E-state index is -0.360. The molecule has 4 aliphatic rings. The van der Waals surface area contributed by atoms with Crippen LogP contribution < -0.4 is 0 Å². The summed E-state index contributed by atoms with van der Waals surface area (Å²) < 4.78 is 16.7. The van der Waals surface area contributed by atoms with E-state index in [-0.39, 0.29) is 17.2 Å². The van der Waals surface area contributed by atoms with Gasteiger partial charge in [-0.05, 0) is 25.2 Å². The Hall–Kier alpha value is -0.610. The lowest BCUT2D eigenvalue weighted by atomic mass is 9.77. The van der Waals surface area contributed by atoms with Crippen LogP contribution in [0.5, 0.6) is 0 Å². The molecule has 2 saturated carbocycles. The van der Waals surface area contributed by atoms with E-state index in [1.165, 1.54) is 38.5 Å². The molecule has 2 heterocycles. The molecule has 0 aromatic carbocycles. The molecule has 4 rings (SSSR count). The van der Waals surface area contributed by atoms with E-state index < -0.39 is 0 Å². The minimum Gasteiger partial charge on any atom is -0.461 e. The maximum absolute atomic E-state index is 10.9. The van der Waals surface area contributed by atoms with Gasteiger partial charge in [0.05, 0.1) is 0 Å². The van der Waals surface area contributed by atoms with Crippen molar-refractivity contribution in [1.29, 1.82) is 0 Å². The van der Waals surface area contributed by atoms with Gasteiger partial charge in [0, 0.05) is 12.8 Å². The van der Waals surface area contributed by atoms with Crippen molar-refractivity contribution in [1.82, 2.24) is 0 Å². The van der Waals surface area contributed by atoms with Crippen LogP contribution in [0.4, 0.5) is 0 Å². The molecule has 106 valence electrons. The summed E-state index contributed by atoms with van der Waals surface area (Å²) in [6, 6.07) is 0. The highest BCUT2D eigenvalue weighted by Crippen LogP contribution is 2.76. The van der Waals surface area contributed by atoms with Crippen LogP contribution in [-0.4, -0.2) is 23.6 Å². The number of rotatable bonds is 5. The first kappa shape index (κ1) is 12.2. The van der Waals surface area contributed by atoms with Crippen molar-refractivity contribution in [2.24, 2.45) is 5.92 Å². The predicted octanol–water partition coefficient (Wildman–Crippen LogP) is 2.90. The van der Waals surface area contributed by atoms with Gasteiger partial charge in [-0.1, -0.05) is 32.1 Å². The van der Waals surface area contributed by atoms with Crippen molar-refractivity contribution in [3.05, 3.63) is 0 Å². The third kappa shape index (κ3) is 1.83. The lowest BCUT2D eigenvalue weighted by molar-refractivity contribution is -0.151. The Morgan fingerprint density at radius 1 is 1.11 bits per heavy atom. The molecule has 19 heavy (non-hydrogen) atoms. The molecule has 4 heteroatoms. The van der Waals surface area contributed by atoms with Crippen molar-refractivity contribution in [3.8, 4) is 0 Å². The van der Waals surface area contributed by atoms with Gasteiger partial charge in [0.1, 0.15) is 5.60 Å². The molecule has 0 aromatic rings. The lowest BCUT2D eigenvalue weighted by Gasteiger charge is -2.34. The van der Waals surface area contributed by atoms with Crippen molar-refractivity contribution in [3.63, 3.8) is 0 Å². The molecule has 0 radical (unpaired) electrons. The maximum Gasteiger partial charge on any atom is 0.293 e. The summed E-state index contributed by atoms with van der Waals surface area (Å²) in [6.07, 6.45) is 11.5. The van der Waals surface area contributed by atoms with Crippen LogP contribution in [0.3, 0.4) is 0 Å². The topological polar surface area (TPSA) is 51.4 Å². The van der Waals surface area contributed by atoms with Gasteiger partial charge in [-0.15, -0.1) is 0 Å². The van der Waals surface area contributed by atoms with Crippen LogP contribution in [0.25, 0.3) is 0 Å². The van der Waals surface area contributed by atoms with E-state index in [1.807, 2.05) is 0 Å². The Kier molecular flexibility index (Phi) is 2.53. The Morgan fingerprint density at radius 3 is 2.58 bits per heavy atom. The minimum absolute atomic E-state index is 0.256. The number of ether oxygens (including phenoxy) is 3. The second kappa shape index (κ2) is 3.95. The van der Waals surface area contributed by atoms with Gasteiger partial charge in [-0.3, -0.25) is 4.79 Å². The fraction of sp³-hybridized carbons (Fsp3) is 0.933. The number of epoxide rings is 2. The van der Waals surface area contributed by atoms with Crippen LogP contribution in [0.15, 0.2) is 0 Å². The molecular formula is C15H22O4. The fourth-order valence-electron chi connectivity index (χ4n) is 4.31. The zero-order chi connectivity index (χ0) is 13.0. The molecule has 4 nitrogen and oxygen atoms in total. The van der Waals surface area contributed by atoms with E-state index in [0.717, 1.165) is 31.6 Å². The van der Waals surface area contributed by atoms with Crippen LogP contribution in [-0.2, 0) is 19.0 Å². The molecule has 1 unspecified atom stereocenters. The lowest BCUT2D eigenvalue weighted by Crippen LogP contribution is -2.38. The second-order valence-electron chi connectivity index (χ2n) is 6.83. The monoisotopic (exact) mass is 266 g/mol. The molecule has 2 aliphatic heterocycles. The molecule has 0 bridgehead atoms. The maximum atomic E-state index is 10.9. The molecule has 0 amide bonds. The highest BCUT2D eigenvalue weighted by Gasteiger charge is 2.93. The second-order valence-corrected chi connectivity index (χ2v) is 6.83. The zero-order valence-corrected chi connectivity index (χ0v) is 11.4. The van der Waals surface area contributed by atoms with Gasteiger partial charge in [-0.25, -0.2) is 0 Å². The molecule has 0 aromatic heterocycles. The van der Waals surface area contributed by atoms with E-state index >= 15 is 0 Å². The number of hydrogen-bond acceptors (Lipinski definition) is 4. The van der Waals surface area contributed by atoms with E-state index in [4.69, 9.17) is 14.2 Å². The summed E-state index contributed by atoms with van der Waals surface area (Å²) >= 11 is 0. The highest BCUT2D eigenvalue weighted by molar-refractivity contribution is 5.39. The van der Waals surface area contributed by atoms with Gasteiger partial charge in [-0.2, -0.15) is 0 Å². The van der Waals surface area contributed by atoms with Crippen LogP contribution in [0, 0.1) is 5.92 Å². The normalized spacial score (nSPS) is 48.0. The number of carbonyl (C=O) groups excluding carboxylic acids is 1. The summed E-state index contributed by atoms with van der Waals surface area (Å²) in [5.41, 5.74) is -0.324. The average molecular weight is 266 g/mol. The van der Waals surface area contributed by atoms with Crippen LogP contribution in [0.2, 0.25) is 0 Å². The first-order valence-electron chi connectivity index (χ1n) is 7.73. The Balaban J connectivity index is 1.38. The smallest absolute Gasteiger partial charge is 0.293 e. The van der Waals surface area contributed by atoms with E-state index in [0.29, 0.717) is 6.47 Å². The van der Waals surface area contributed by atoms with Crippen LogP contribution >= 0.6 is 0 Å². The van der Waals surface area contributed by atoms with Crippen molar-refractivity contribution in [2.75, 3.05) is 0 Å². The zero-order valence-electron chi connectivity index (χ0n) is 11.4. The van der Waals surface area contributed by atoms with Crippen molar-refractivity contribution in [2.45, 2.75) is 81.4 Å². The summed E-state index contributed by atoms with van der Waals surface area (Å²) in [6.45, 7) is 0.620. The standard InChI is InChI=1S/C15H22O4/c16-11-17-13(7-6-12-4-2-1-3-5-12)8-9-14-15(10-13,18-14)19-14/h11-12H,1-10H2. The van der Waals surface area contributed by atoms with Gasteiger partial charge < -0.3 is 14.2 Å². The summed E-state index contributed by atoms with van der Waals surface area (Å²) in [7, 11) is 0. The molecule has 4 fully saturated rings. The highest BCUT2D eigenvalue weighted by atomic mass is 17.0. The van der Waals surface area contributed by atoms with Gasteiger partial charge in [0.25, 0.3) is 6.47 Å². The summed E-state index contributed by atoms with van der Waals surface area (Å²) in [5.74, 6) is 0.208. The van der Waals surface area contributed by atoms with E-state index in [2.05, 4.69) is 0 Å². The van der Waals surface area contributed by atoms with Crippen molar-refractivity contribution >= 4 is 6.47 Å². The first-order valence-corrected chi connectivity index (χ1v) is 7.73. The average Bonchev–Trinajstić information content (AvgIpc) is 3.24. The first-order chi connectivity index (χ1) is 9.22. The number of hydrogen-bond donors (Lipinski definition) is 0. The molecule has 1 atom stereocenters. The van der Waals surface area contributed by atoms with Crippen LogP contribution in [0.1, 0.15) is 64.2 Å². The Bertz CT molecular complexity index is 382.